The predicted molar refractivity (Wildman–Crippen MR) is 85.5 cm³/mol. The summed E-state index contributed by atoms with van der Waals surface area (Å²) in [7, 11) is 0. The fraction of sp³-hybridized carbons (Fsp3) is 0.529. The van der Waals surface area contributed by atoms with Crippen LogP contribution in [0.1, 0.15) is 58.3 Å². The number of nitrogens with zero attached hydrogens (tertiary/aromatic N) is 2. The van der Waals surface area contributed by atoms with Crippen LogP contribution in [0.3, 0.4) is 0 Å². The third-order valence-corrected chi connectivity index (χ3v) is 3.01. The predicted octanol–water partition coefficient (Wildman–Crippen LogP) is 4.13. The number of carbonyl (C=O) groups excluding carboxylic acids is 1. The van der Waals surface area contributed by atoms with Gasteiger partial charge in [0.1, 0.15) is 5.82 Å². The Morgan fingerprint density at radius 1 is 1.40 bits per heavy atom. The molecular formula is C17H26N2O. The molecule has 0 amide bonds. The van der Waals surface area contributed by atoms with Crippen LogP contribution in [0.15, 0.2) is 12.7 Å². The molecule has 1 aromatic heterocycles. The zero-order valence-electron chi connectivity index (χ0n) is 13.4. The molecule has 0 atom stereocenters. The Labute approximate surface area is 122 Å². The highest BCUT2D eigenvalue weighted by Crippen LogP contribution is 2.21. The van der Waals surface area contributed by atoms with E-state index in [0.717, 1.165) is 23.6 Å². The van der Waals surface area contributed by atoms with Crippen LogP contribution in [-0.4, -0.2) is 15.3 Å². The number of imidazole rings is 1. The molecule has 1 heterocycles. The van der Waals surface area contributed by atoms with E-state index in [1.54, 1.807) is 6.08 Å². The van der Waals surface area contributed by atoms with Gasteiger partial charge >= 0.3 is 0 Å². The molecule has 0 spiro atoms. The molecule has 0 aliphatic rings. The van der Waals surface area contributed by atoms with Gasteiger partial charge in [0.25, 0.3) is 0 Å². The lowest BCUT2D eigenvalue weighted by Gasteiger charge is -2.17. The number of Topliss-reactive ketones (excluding diaryl/α,β-unsaturated/α-hetero) is 1. The van der Waals surface area contributed by atoms with Crippen molar-refractivity contribution in [2.45, 2.75) is 54.0 Å². The number of allylic oxidation sites excluding steroid dienone is 1. The monoisotopic (exact) mass is 274 g/mol. The molecule has 0 saturated heterocycles. The van der Waals surface area contributed by atoms with Crippen LogP contribution in [0.2, 0.25) is 0 Å². The quantitative estimate of drug-likeness (QED) is 0.782. The van der Waals surface area contributed by atoms with Crippen molar-refractivity contribution in [2.24, 2.45) is 5.41 Å². The molecule has 0 aromatic carbocycles. The average molecular weight is 274 g/mol. The molecule has 0 N–H and O–H groups in total. The molecule has 3 nitrogen and oxygen atoms in total. The number of ketones is 1. The van der Waals surface area contributed by atoms with Crippen LogP contribution in [0.25, 0.3) is 12.2 Å². The van der Waals surface area contributed by atoms with Gasteiger partial charge in [-0.2, -0.15) is 0 Å². The first-order chi connectivity index (χ1) is 9.32. The molecule has 0 aliphatic carbocycles. The van der Waals surface area contributed by atoms with Crippen molar-refractivity contribution >= 4 is 17.9 Å². The Morgan fingerprint density at radius 2 is 2.05 bits per heavy atom. The summed E-state index contributed by atoms with van der Waals surface area (Å²) >= 11 is 0. The minimum Gasteiger partial charge on any atom is -0.320 e. The molecule has 0 unspecified atom stereocenters. The molecule has 110 valence electrons. The van der Waals surface area contributed by atoms with E-state index in [9.17, 15) is 4.79 Å². The maximum Gasteiger partial charge on any atom is 0.153 e. The summed E-state index contributed by atoms with van der Waals surface area (Å²) in [5.41, 5.74) is 1.84. The Morgan fingerprint density at radius 3 is 2.50 bits per heavy atom. The zero-order chi connectivity index (χ0) is 15.3. The lowest BCUT2D eigenvalue weighted by atomic mass is 9.90. The standard InChI is InChI=1S/C17H26N2O/c1-7-10-14-15(8-2)19(16(9-3)18-14)12-13(20)11-17(4,5)6/h7-8,10H,2,9,11-12H2,1,3-6H3/b10-7-. The lowest BCUT2D eigenvalue weighted by molar-refractivity contribution is -0.121. The second-order valence-electron chi connectivity index (χ2n) is 6.22. The molecule has 1 aromatic rings. The minimum atomic E-state index is 0.0184. The third-order valence-electron chi connectivity index (χ3n) is 3.01. The average Bonchev–Trinajstić information content (AvgIpc) is 2.64. The van der Waals surface area contributed by atoms with Crippen LogP contribution in [0.4, 0.5) is 0 Å². The topological polar surface area (TPSA) is 34.9 Å². The van der Waals surface area contributed by atoms with Gasteiger partial charge in [0.15, 0.2) is 5.78 Å². The molecule has 0 saturated carbocycles. The van der Waals surface area contributed by atoms with Crippen LogP contribution in [0, 0.1) is 5.41 Å². The van der Waals surface area contributed by atoms with Crippen molar-refractivity contribution in [3.63, 3.8) is 0 Å². The fourth-order valence-corrected chi connectivity index (χ4v) is 2.30. The number of rotatable bonds is 6. The molecule has 0 bridgehead atoms. The van der Waals surface area contributed by atoms with E-state index >= 15 is 0 Å². The van der Waals surface area contributed by atoms with E-state index in [1.165, 1.54) is 0 Å². The summed E-state index contributed by atoms with van der Waals surface area (Å²) < 4.78 is 2.00. The van der Waals surface area contributed by atoms with Crippen molar-refractivity contribution in [1.82, 2.24) is 9.55 Å². The summed E-state index contributed by atoms with van der Waals surface area (Å²) in [6, 6.07) is 0. The minimum absolute atomic E-state index is 0.0184. The summed E-state index contributed by atoms with van der Waals surface area (Å²) in [5.74, 6) is 1.18. The molecule has 1 rings (SSSR count). The van der Waals surface area contributed by atoms with Crippen LogP contribution < -0.4 is 0 Å². The molecule has 3 heteroatoms. The van der Waals surface area contributed by atoms with E-state index < -0.39 is 0 Å². The van der Waals surface area contributed by atoms with Crippen molar-refractivity contribution in [2.75, 3.05) is 0 Å². The van der Waals surface area contributed by atoms with Gasteiger partial charge in [0, 0.05) is 12.8 Å². The number of aromatic nitrogens is 2. The van der Waals surface area contributed by atoms with Gasteiger partial charge in [-0.3, -0.25) is 4.79 Å². The maximum absolute atomic E-state index is 12.2. The third kappa shape index (κ3) is 4.19. The van der Waals surface area contributed by atoms with Gasteiger partial charge in [-0.1, -0.05) is 40.3 Å². The molecule has 0 aliphatic heterocycles. The normalized spacial score (nSPS) is 12.1. The van der Waals surface area contributed by atoms with Gasteiger partial charge in [-0.15, -0.1) is 0 Å². The highest BCUT2D eigenvalue weighted by Gasteiger charge is 2.19. The van der Waals surface area contributed by atoms with E-state index in [1.807, 2.05) is 23.6 Å². The Bertz CT molecular complexity index is 516. The smallest absolute Gasteiger partial charge is 0.153 e. The maximum atomic E-state index is 12.2. The van der Waals surface area contributed by atoms with Crippen molar-refractivity contribution in [3.8, 4) is 0 Å². The van der Waals surface area contributed by atoms with E-state index in [2.05, 4.69) is 39.3 Å². The second kappa shape index (κ2) is 6.69. The van der Waals surface area contributed by atoms with Crippen LogP contribution in [0.5, 0.6) is 0 Å². The SMILES string of the molecule is C=Cc1c(/C=C\C)nc(CC)n1CC(=O)CC(C)(C)C. The highest BCUT2D eigenvalue weighted by atomic mass is 16.1. The number of hydrogen-bond acceptors (Lipinski definition) is 2. The Hall–Kier alpha value is -1.64. The highest BCUT2D eigenvalue weighted by molar-refractivity contribution is 5.79. The van der Waals surface area contributed by atoms with Crippen molar-refractivity contribution in [3.05, 3.63) is 29.9 Å². The van der Waals surface area contributed by atoms with Crippen molar-refractivity contribution < 1.29 is 4.79 Å². The van der Waals surface area contributed by atoms with Gasteiger partial charge < -0.3 is 4.57 Å². The first-order valence-corrected chi connectivity index (χ1v) is 7.18. The van der Waals surface area contributed by atoms with Gasteiger partial charge in [-0.25, -0.2) is 4.98 Å². The Balaban J connectivity index is 3.10. The summed E-state index contributed by atoms with van der Waals surface area (Å²) in [5, 5.41) is 0. The second-order valence-corrected chi connectivity index (χ2v) is 6.22. The van der Waals surface area contributed by atoms with Gasteiger partial charge in [-0.05, 0) is 24.5 Å². The van der Waals surface area contributed by atoms with Crippen LogP contribution >= 0.6 is 0 Å². The van der Waals surface area contributed by atoms with E-state index in [0.29, 0.717) is 13.0 Å². The summed E-state index contributed by atoms with van der Waals surface area (Å²) in [6.07, 6.45) is 7.08. The van der Waals surface area contributed by atoms with Gasteiger partial charge in [0.2, 0.25) is 0 Å². The molecule has 0 fully saturated rings. The largest absolute Gasteiger partial charge is 0.320 e. The molecule has 20 heavy (non-hydrogen) atoms. The van der Waals surface area contributed by atoms with E-state index in [-0.39, 0.29) is 11.2 Å². The molecular weight excluding hydrogens is 248 g/mol. The van der Waals surface area contributed by atoms with Gasteiger partial charge in [0.05, 0.1) is 17.9 Å². The van der Waals surface area contributed by atoms with E-state index in [4.69, 9.17) is 0 Å². The first kappa shape index (κ1) is 16.4. The van der Waals surface area contributed by atoms with Crippen LogP contribution in [-0.2, 0) is 17.8 Å². The lowest BCUT2D eigenvalue weighted by Crippen LogP contribution is -2.19. The molecule has 0 radical (unpaired) electrons. The number of carbonyl (C=O) groups is 1. The summed E-state index contributed by atoms with van der Waals surface area (Å²) in [4.78, 5) is 16.8. The number of hydrogen-bond donors (Lipinski definition) is 0. The first-order valence-electron chi connectivity index (χ1n) is 7.18. The Kier molecular flexibility index (Phi) is 5.49. The summed E-state index contributed by atoms with van der Waals surface area (Å²) in [6.45, 7) is 14.5. The number of aryl methyl sites for hydroxylation is 1. The van der Waals surface area contributed by atoms with Crippen molar-refractivity contribution in [1.29, 1.82) is 0 Å². The zero-order valence-corrected chi connectivity index (χ0v) is 13.4. The fourth-order valence-electron chi connectivity index (χ4n) is 2.30.